The molecule has 254 valence electrons. The second-order valence-electron chi connectivity index (χ2n) is 11.9. The van der Waals surface area contributed by atoms with Crippen LogP contribution in [0.25, 0.3) is 0 Å². The van der Waals surface area contributed by atoms with Gasteiger partial charge in [0.05, 0.1) is 13.0 Å². The predicted octanol–water partition coefficient (Wildman–Crippen LogP) is 6.10. The van der Waals surface area contributed by atoms with Gasteiger partial charge in [-0.2, -0.15) is 0 Å². The lowest BCUT2D eigenvalue weighted by atomic mass is 9.86. The molecule has 0 bridgehead atoms. The van der Waals surface area contributed by atoms with Crippen molar-refractivity contribution in [1.82, 2.24) is 10.6 Å². The Hall–Kier alpha value is -2.75. The number of allylic oxidation sites excluding steroid dienone is 2. The molecule has 1 unspecified atom stereocenters. The summed E-state index contributed by atoms with van der Waals surface area (Å²) in [6, 6.07) is 0. The van der Waals surface area contributed by atoms with E-state index in [4.69, 9.17) is 9.47 Å². The zero-order chi connectivity index (χ0) is 33.1. The molecule has 10 nitrogen and oxygen atoms in total. The number of esters is 4. The Labute approximate surface area is 265 Å². The Bertz CT molecular complexity index is 856. The van der Waals surface area contributed by atoms with Crippen LogP contribution in [-0.4, -0.2) is 62.1 Å². The molecule has 0 spiro atoms. The third kappa shape index (κ3) is 23.7. The molecule has 0 saturated carbocycles. The lowest BCUT2D eigenvalue weighted by molar-refractivity contribution is -0.174. The summed E-state index contributed by atoms with van der Waals surface area (Å²) >= 11 is 0. The first-order valence-corrected chi connectivity index (χ1v) is 16.7. The maximum Gasteiger partial charge on any atom is 0.322 e. The lowest BCUT2D eigenvalue weighted by Crippen LogP contribution is -2.47. The Kier molecular flexibility index (Phi) is 25.0. The van der Waals surface area contributed by atoms with E-state index in [2.05, 4.69) is 34.4 Å². The topological polar surface area (TPSA) is 137 Å². The molecule has 10 heteroatoms. The summed E-state index contributed by atoms with van der Waals surface area (Å²) in [6.07, 6.45) is 20.8. The minimum absolute atomic E-state index is 0.0237. The van der Waals surface area contributed by atoms with Crippen molar-refractivity contribution in [2.45, 2.75) is 143 Å². The van der Waals surface area contributed by atoms with Crippen LogP contribution >= 0.6 is 0 Å². The molecule has 0 radical (unpaired) electrons. The number of hydrogen-bond acceptors (Lipinski definition) is 9. The fourth-order valence-corrected chi connectivity index (χ4v) is 4.46. The van der Waals surface area contributed by atoms with Gasteiger partial charge in [0, 0.05) is 39.9 Å². The maximum absolute atomic E-state index is 12.3. The molecule has 0 rings (SSSR count). The van der Waals surface area contributed by atoms with Gasteiger partial charge in [-0.05, 0) is 52.4 Å². The van der Waals surface area contributed by atoms with Crippen LogP contribution in [0, 0.1) is 5.41 Å². The van der Waals surface area contributed by atoms with Crippen LogP contribution in [0.4, 0.5) is 0 Å². The molecular weight excluding hydrogens is 564 g/mol. The van der Waals surface area contributed by atoms with Gasteiger partial charge in [0.2, 0.25) is 5.91 Å². The number of unbranched alkanes of at least 4 members (excludes halogenated alkanes) is 11. The van der Waals surface area contributed by atoms with Crippen molar-refractivity contribution in [3.05, 3.63) is 12.2 Å². The first-order chi connectivity index (χ1) is 21.0. The van der Waals surface area contributed by atoms with Crippen LogP contribution in [0.1, 0.15) is 137 Å². The molecule has 44 heavy (non-hydrogen) atoms. The highest BCUT2D eigenvalue weighted by Gasteiger charge is 2.41. The van der Waals surface area contributed by atoms with E-state index in [9.17, 15) is 24.0 Å². The number of ether oxygens (including phenoxy) is 3. The first kappa shape index (κ1) is 41.2. The van der Waals surface area contributed by atoms with E-state index in [1.807, 2.05) is 0 Å². The van der Waals surface area contributed by atoms with Crippen molar-refractivity contribution in [2.24, 2.45) is 5.41 Å². The lowest BCUT2D eigenvalue weighted by Gasteiger charge is -2.31. The molecule has 0 heterocycles. The summed E-state index contributed by atoms with van der Waals surface area (Å²) in [5.74, 6) is -2.53. The monoisotopic (exact) mass is 624 g/mol. The van der Waals surface area contributed by atoms with E-state index in [-0.39, 0.29) is 32.0 Å². The number of rotatable bonds is 27. The van der Waals surface area contributed by atoms with Gasteiger partial charge in [-0.1, -0.05) is 70.4 Å². The highest BCUT2D eigenvalue weighted by molar-refractivity contribution is 5.88. The Morgan fingerprint density at radius 2 is 1.32 bits per heavy atom. The van der Waals surface area contributed by atoms with Gasteiger partial charge in [-0.15, -0.1) is 0 Å². The third-order valence-electron chi connectivity index (χ3n) is 7.28. The van der Waals surface area contributed by atoms with Crippen LogP contribution in [-0.2, 0) is 38.2 Å². The van der Waals surface area contributed by atoms with E-state index in [0.717, 1.165) is 32.6 Å². The van der Waals surface area contributed by atoms with Crippen molar-refractivity contribution in [3.8, 4) is 0 Å². The third-order valence-corrected chi connectivity index (χ3v) is 7.28. The second-order valence-corrected chi connectivity index (χ2v) is 11.9. The zero-order valence-electron chi connectivity index (χ0n) is 28.1. The minimum atomic E-state index is -1.28. The molecule has 0 aromatic heterocycles. The summed E-state index contributed by atoms with van der Waals surface area (Å²) < 4.78 is 15.1. The largest absolute Gasteiger partial charge is 0.466 e. The molecule has 0 fully saturated rings. The van der Waals surface area contributed by atoms with Crippen LogP contribution in [0.15, 0.2) is 12.2 Å². The summed E-state index contributed by atoms with van der Waals surface area (Å²) in [7, 11) is 0. The summed E-state index contributed by atoms with van der Waals surface area (Å²) in [6.45, 7) is 8.58. The Morgan fingerprint density at radius 3 is 1.91 bits per heavy atom. The molecule has 2 N–H and O–H groups in total. The van der Waals surface area contributed by atoms with Gasteiger partial charge in [0.1, 0.15) is 11.5 Å². The summed E-state index contributed by atoms with van der Waals surface area (Å²) in [5, 5.41) is 5.85. The van der Waals surface area contributed by atoms with Gasteiger partial charge in [0.15, 0.2) is 0 Å². The van der Waals surface area contributed by atoms with Crippen molar-refractivity contribution in [1.29, 1.82) is 0 Å². The maximum atomic E-state index is 12.3. The van der Waals surface area contributed by atoms with Crippen LogP contribution in [0.3, 0.4) is 0 Å². The Balaban J connectivity index is 3.81. The minimum Gasteiger partial charge on any atom is -0.466 e. The van der Waals surface area contributed by atoms with Gasteiger partial charge in [0.25, 0.3) is 0 Å². The van der Waals surface area contributed by atoms with Gasteiger partial charge < -0.3 is 24.8 Å². The molecule has 0 aromatic carbocycles. The molecule has 0 aliphatic carbocycles. The number of carbonyl (C=O) groups excluding carboxylic acids is 5. The smallest absolute Gasteiger partial charge is 0.322 e. The molecule has 0 aromatic rings. The number of amides is 1. The van der Waals surface area contributed by atoms with Crippen molar-refractivity contribution >= 4 is 29.8 Å². The number of nitrogens with one attached hydrogen (secondary N) is 2. The average molecular weight is 625 g/mol. The van der Waals surface area contributed by atoms with E-state index >= 15 is 0 Å². The van der Waals surface area contributed by atoms with Gasteiger partial charge in [-0.25, -0.2) is 0 Å². The van der Waals surface area contributed by atoms with Crippen LogP contribution < -0.4 is 10.6 Å². The first-order valence-electron chi connectivity index (χ1n) is 16.7. The van der Waals surface area contributed by atoms with Crippen LogP contribution in [0.2, 0.25) is 0 Å². The SMILES string of the molecule is CCCCCCCCC=CCCCCCCCC(=O)NCCCOC(=O)CCNCC(OC(C)=O)C(C)(C)C(=O)OC(C)=O. The molecular formula is C34H60N2O8. The van der Waals surface area contributed by atoms with Crippen molar-refractivity contribution in [3.63, 3.8) is 0 Å². The van der Waals surface area contributed by atoms with Gasteiger partial charge in [-0.3, -0.25) is 24.0 Å². The highest BCUT2D eigenvalue weighted by Crippen LogP contribution is 2.25. The van der Waals surface area contributed by atoms with E-state index in [0.29, 0.717) is 19.4 Å². The second kappa shape index (κ2) is 26.6. The highest BCUT2D eigenvalue weighted by atomic mass is 16.6. The quantitative estimate of drug-likeness (QED) is 0.0365. The van der Waals surface area contributed by atoms with Crippen molar-refractivity contribution in [2.75, 3.05) is 26.2 Å². The number of carbonyl (C=O) groups is 5. The van der Waals surface area contributed by atoms with Crippen molar-refractivity contribution < 1.29 is 38.2 Å². The normalized spacial score (nSPS) is 12.1. The fourth-order valence-electron chi connectivity index (χ4n) is 4.46. The zero-order valence-corrected chi connectivity index (χ0v) is 28.1. The molecule has 1 amide bonds. The predicted molar refractivity (Wildman–Crippen MR) is 172 cm³/mol. The van der Waals surface area contributed by atoms with E-state index in [1.54, 1.807) is 0 Å². The molecule has 0 aliphatic rings. The van der Waals surface area contributed by atoms with E-state index in [1.165, 1.54) is 78.6 Å². The standard InChI is InChI=1S/C34H60N2O8/c1-6-7-8-9-10-11-12-13-14-15-16-17-18-19-20-22-31(39)36-24-21-26-42-32(40)23-25-35-27-30(43-28(2)37)34(4,5)33(41)44-29(3)38/h13-14,30,35H,6-12,15-27H2,1-5H3,(H,36,39). The number of hydrogen-bond donors (Lipinski definition) is 2. The van der Waals surface area contributed by atoms with Crippen LogP contribution in [0.5, 0.6) is 0 Å². The molecule has 0 saturated heterocycles. The molecule has 1 atom stereocenters. The fraction of sp³-hybridized carbons (Fsp3) is 0.794. The summed E-state index contributed by atoms with van der Waals surface area (Å²) in [5.41, 5.74) is -1.28. The van der Waals surface area contributed by atoms with Gasteiger partial charge >= 0.3 is 23.9 Å². The molecule has 0 aliphatic heterocycles. The average Bonchev–Trinajstić information content (AvgIpc) is 2.95. The summed E-state index contributed by atoms with van der Waals surface area (Å²) in [4.78, 5) is 58.9. The van der Waals surface area contributed by atoms with E-state index < -0.39 is 35.4 Å². The Morgan fingerprint density at radius 1 is 0.727 bits per heavy atom.